The number of benzene rings is 2. The summed E-state index contributed by atoms with van der Waals surface area (Å²) in [5, 5.41) is 1.02. The molecule has 0 spiro atoms. The number of rotatable bonds is 6. The van der Waals surface area contributed by atoms with Crippen molar-refractivity contribution in [3.8, 4) is 5.75 Å². The van der Waals surface area contributed by atoms with Crippen LogP contribution in [0.5, 0.6) is 5.75 Å². The van der Waals surface area contributed by atoms with Gasteiger partial charge < -0.3 is 14.1 Å². The lowest BCUT2D eigenvalue weighted by atomic mass is 10.1. The molecule has 130 valence electrons. The summed E-state index contributed by atoms with van der Waals surface area (Å²) in [5.74, 6) is 0.864. The molecule has 0 saturated carbocycles. The Hall–Kier alpha value is -2.59. The summed E-state index contributed by atoms with van der Waals surface area (Å²) < 4.78 is 10.7. The number of aryl methyl sites for hydroxylation is 1. The van der Waals surface area contributed by atoms with Gasteiger partial charge in [0, 0.05) is 22.6 Å². The molecule has 0 aliphatic heterocycles. The molecule has 1 unspecified atom stereocenters. The molecule has 25 heavy (non-hydrogen) atoms. The van der Waals surface area contributed by atoms with E-state index in [1.807, 2.05) is 18.2 Å². The van der Waals surface area contributed by atoms with Crippen LogP contribution in [-0.2, 0) is 19.5 Å². The Morgan fingerprint density at radius 2 is 1.88 bits per heavy atom. The molecule has 0 fully saturated rings. The third-order valence-corrected chi connectivity index (χ3v) is 4.44. The summed E-state index contributed by atoms with van der Waals surface area (Å²) >= 11 is 0. The largest absolute Gasteiger partial charge is 0.497 e. The molecule has 1 atom stereocenters. The van der Waals surface area contributed by atoms with Crippen molar-refractivity contribution in [2.75, 3.05) is 14.2 Å². The van der Waals surface area contributed by atoms with E-state index in [4.69, 9.17) is 9.15 Å². The van der Waals surface area contributed by atoms with Crippen LogP contribution in [-0.4, -0.2) is 14.2 Å². The highest BCUT2D eigenvalue weighted by molar-refractivity contribution is 5.80. The Balaban J connectivity index is 1.85. The second kappa shape index (κ2) is 7.53. The molecule has 0 amide bonds. The van der Waals surface area contributed by atoms with Crippen molar-refractivity contribution in [3.63, 3.8) is 0 Å². The molecule has 4 heteroatoms. The molecule has 0 radical (unpaired) electrons. The molecule has 0 bridgehead atoms. The molecule has 0 aliphatic carbocycles. The van der Waals surface area contributed by atoms with Crippen molar-refractivity contribution in [1.82, 2.24) is 0 Å². The number of quaternary nitrogens is 1. The van der Waals surface area contributed by atoms with Gasteiger partial charge in [0.25, 0.3) is 0 Å². The smallest absolute Gasteiger partial charge is 0.336 e. The SMILES string of the molecule is CCc1ccc2c(C[NH+](C)Cc3cccc(OC)c3)cc(=O)oc2c1. The predicted octanol–water partition coefficient (Wildman–Crippen LogP) is 2.58. The van der Waals surface area contributed by atoms with Crippen LogP contribution in [0.2, 0.25) is 0 Å². The summed E-state index contributed by atoms with van der Waals surface area (Å²) in [6, 6.07) is 15.8. The highest BCUT2D eigenvalue weighted by atomic mass is 16.5. The van der Waals surface area contributed by atoms with Crippen LogP contribution < -0.4 is 15.3 Å². The van der Waals surface area contributed by atoms with Crippen molar-refractivity contribution >= 4 is 11.0 Å². The van der Waals surface area contributed by atoms with Gasteiger partial charge in [0.2, 0.25) is 0 Å². The number of fused-ring (bicyclic) bond motifs is 1. The average Bonchev–Trinajstić information content (AvgIpc) is 2.61. The molecule has 0 saturated heterocycles. The van der Waals surface area contributed by atoms with Crippen molar-refractivity contribution in [2.24, 2.45) is 0 Å². The molecule has 1 N–H and O–H groups in total. The quantitative estimate of drug-likeness (QED) is 0.703. The maximum atomic E-state index is 11.9. The minimum absolute atomic E-state index is 0.287. The van der Waals surface area contributed by atoms with E-state index in [1.165, 1.54) is 16.0 Å². The van der Waals surface area contributed by atoms with E-state index in [1.54, 1.807) is 13.2 Å². The first-order valence-electron chi connectivity index (χ1n) is 8.59. The van der Waals surface area contributed by atoms with E-state index in [2.05, 4.69) is 38.2 Å². The van der Waals surface area contributed by atoms with Gasteiger partial charge in [-0.2, -0.15) is 0 Å². The Morgan fingerprint density at radius 3 is 2.64 bits per heavy atom. The van der Waals surface area contributed by atoms with Gasteiger partial charge in [0.05, 0.1) is 14.2 Å². The zero-order valence-electron chi connectivity index (χ0n) is 15.0. The highest BCUT2D eigenvalue weighted by Gasteiger charge is 2.12. The Labute approximate surface area is 147 Å². The van der Waals surface area contributed by atoms with E-state index in [0.717, 1.165) is 36.2 Å². The molecular weight excluding hydrogens is 314 g/mol. The van der Waals surface area contributed by atoms with Crippen LogP contribution in [0, 0.1) is 0 Å². The third-order valence-electron chi connectivity index (χ3n) is 4.44. The fraction of sp³-hybridized carbons (Fsp3) is 0.286. The summed E-state index contributed by atoms with van der Waals surface area (Å²) in [5.41, 5.74) is 3.79. The summed E-state index contributed by atoms with van der Waals surface area (Å²) in [4.78, 5) is 13.2. The number of hydrogen-bond acceptors (Lipinski definition) is 3. The molecule has 0 aliphatic rings. The minimum atomic E-state index is -0.287. The molecule has 1 aromatic heterocycles. The van der Waals surface area contributed by atoms with Crippen molar-refractivity contribution in [3.05, 3.63) is 75.6 Å². The maximum absolute atomic E-state index is 11.9. The predicted molar refractivity (Wildman–Crippen MR) is 99.2 cm³/mol. The van der Waals surface area contributed by atoms with Gasteiger partial charge in [0.1, 0.15) is 24.4 Å². The Bertz CT molecular complexity index is 930. The third kappa shape index (κ3) is 4.09. The topological polar surface area (TPSA) is 43.9 Å². The van der Waals surface area contributed by atoms with Gasteiger partial charge in [0.15, 0.2) is 0 Å². The van der Waals surface area contributed by atoms with Gasteiger partial charge in [-0.15, -0.1) is 0 Å². The van der Waals surface area contributed by atoms with Crippen LogP contribution in [0.1, 0.15) is 23.6 Å². The lowest BCUT2D eigenvalue weighted by Gasteiger charge is -2.15. The Morgan fingerprint density at radius 1 is 1.04 bits per heavy atom. The summed E-state index contributed by atoms with van der Waals surface area (Å²) in [6.45, 7) is 3.70. The van der Waals surface area contributed by atoms with E-state index >= 15 is 0 Å². The highest BCUT2D eigenvalue weighted by Crippen LogP contribution is 2.19. The number of nitrogens with one attached hydrogen (secondary N) is 1. The first-order chi connectivity index (χ1) is 12.1. The van der Waals surface area contributed by atoms with E-state index < -0.39 is 0 Å². The second-order valence-corrected chi connectivity index (χ2v) is 6.44. The maximum Gasteiger partial charge on any atom is 0.336 e. The number of methoxy groups -OCH3 is 1. The monoisotopic (exact) mass is 338 g/mol. The normalized spacial score (nSPS) is 12.3. The number of hydrogen-bond donors (Lipinski definition) is 1. The average molecular weight is 338 g/mol. The first-order valence-corrected chi connectivity index (χ1v) is 8.59. The lowest BCUT2D eigenvalue weighted by Crippen LogP contribution is -3.06. The minimum Gasteiger partial charge on any atom is -0.497 e. The molecule has 4 nitrogen and oxygen atoms in total. The van der Waals surface area contributed by atoms with Crippen LogP contribution >= 0.6 is 0 Å². The molecule has 3 aromatic rings. The van der Waals surface area contributed by atoms with Crippen molar-refractivity contribution in [1.29, 1.82) is 0 Å². The molecule has 2 aromatic carbocycles. The van der Waals surface area contributed by atoms with Crippen LogP contribution in [0.25, 0.3) is 11.0 Å². The molecular formula is C21H24NO3+. The second-order valence-electron chi connectivity index (χ2n) is 6.44. The van der Waals surface area contributed by atoms with Gasteiger partial charge in [-0.3, -0.25) is 0 Å². The Kier molecular flexibility index (Phi) is 5.19. The van der Waals surface area contributed by atoms with Gasteiger partial charge >= 0.3 is 5.63 Å². The van der Waals surface area contributed by atoms with Crippen LogP contribution in [0.15, 0.2) is 57.7 Å². The zero-order chi connectivity index (χ0) is 17.8. The zero-order valence-corrected chi connectivity index (χ0v) is 15.0. The first kappa shape index (κ1) is 17.2. The molecule has 1 heterocycles. The van der Waals surface area contributed by atoms with Gasteiger partial charge in [-0.1, -0.05) is 31.2 Å². The van der Waals surface area contributed by atoms with E-state index in [0.29, 0.717) is 5.58 Å². The lowest BCUT2D eigenvalue weighted by molar-refractivity contribution is -0.907. The number of ether oxygens (including phenoxy) is 1. The van der Waals surface area contributed by atoms with Crippen LogP contribution in [0.3, 0.4) is 0 Å². The van der Waals surface area contributed by atoms with Gasteiger partial charge in [-0.25, -0.2) is 4.79 Å². The van der Waals surface area contributed by atoms with Crippen LogP contribution in [0.4, 0.5) is 0 Å². The van der Waals surface area contributed by atoms with Crippen molar-refractivity contribution in [2.45, 2.75) is 26.4 Å². The fourth-order valence-corrected chi connectivity index (χ4v) is 3.16. The standard InChI is InChI=1S/C21H23NO3/c1-4-15-8-9-19-17(12-21(23)25-20(19)11-15)14-22(2)13-16-6-5-7-18(10-16)24-3/h5-12H,4,13-14H2,1-3H3/p+1. The van der Waals surface area contributed by atoms with E-state index in [9.17, 15) is 4.79 Å². The van der Waals surface area contributed by atoms with Crippen molar-refractivity contribution < 1.29 is 14.1 Å². The summed E-state index contributed by atoms with van der Waals surface area (Å²) in [7, 11) is 3.80. The van der Waals surface area contributed by atoms with E-state index in [-0.39, 0.29) is 5.63 Å². The van der Waals surface area contributed by atoms with Gasteiger partial charge in [-0.05, 0) is 30.2 Å². The summed E-state index contributed by atoms with van der Waals surface area (Å²) in [6.07, 6.45) is 0.921. The fourth-order valence-electron chi connectivity index (χ4n) is 3.16. The molecule has 3 rings (SSSR count).